The second kappa shape index (κ2) is 9.24. The fourth-order valence-electron chi connectivity index (χ4n) is 3.77. The van der Waals surface area contributed by atoms with Crippen molar-refractivity contribution in [2.24, 2.45) is 11.8 Å². The van der Waals surface area contributed by atoms with Crippen LogP contribution in [-0.2, 0) is 19.6 Å². The Labute approximate surface area is 196 Å². The maximum Gasteiger partial charge on any atom is 0.338 e. The summed E-state index contributed by atoms with van der Waals surface area (Å²) in [4.78, 5) is 38.4. The van der Waals surface area contributed by atoms with Crippen molar-refractivity contribution < 1.29 is 27.5 Å². The largest absolute Gasteiger partial charge is 0.465 e. The topological polar surface area (TPSA) is 113 Å². The first kappa shape index (κ1) is 23.4. The maximum atomic E-state index is 13.0. The molecule has 1 aromatic carbocycles. The summed E-state index contributed by atoms with van der Waals surface area (Å²) in [6.07, 6.45) is 0.882. The van der Waals surface area contributed by atoms with Crippen LogP contribution in [0.25, 0.3) is 0 Å². The molecule has 1 saturated heterocycles. The van der Waals surface area contributed by atoms with Crippen LogP contribution < -0.4 is 5.32 Å². The molecule has 2 aliphatic rings. The van der Waals surface area contributed by atoms with Gasteiger partial charge in [-0.1, -0.05) is 13.0 Å². The highest BCUT2D eigenvalue weighted by atomic mass is 32.2. The van der Waals surface area contributed by atoms with Crippen LogP contribution in [0.5, 0.6) is 0 Å². The Bertz CT molecular complexity index is 1180. The van der Waals surface area contributed by atoms with Crippen molar-refractivity contribution in [3.8, 4) is 0 Å². The van der Waals surface area contributed by atoms with E-state index in [1.165, 1.54) is 22.9 Å². The number of piperazine rings is 1. The number of sulfonamides is 1. The number of hydrogen-bond acceptors (Lipinski definition) is 7. The van der Waals surface area contributed by atoms with Crippen molar-refractivity contribution >= 4 is 44.8 Å². The number of carbonyl (C=O) groups excluding carboxylic acids is 3. The number of amides is 2. The monoisotopic (exact) mass is 491 g/mol. The van der Waals surface area contributed by atoms with E-state index >= 15 is 0 Å². The zero-order valence-electron chi connectivity index (χ0n) is 18.3. The first-order valence-corrected chi connectivity index (χ1v) is 12.9. The van der Waals surface area contributed by atoms with E-state index in [-0.39, 0.29) is 53.7 Å². The van der Waals surface area contributed by atoms with Crippen LogP contribution in [0.1, 0.15) is 34.1 Å². The molecule has 4 rings (SSSR count). The third-order valence-electron chi connectivity index (χ3n) is 5.94. The summed E-state index contributed by atoms with van der Waals surface area (Å²) in [5.41, 5.74) is 1.21. The molecule has 33 heavy (non-hydrogen) atoms. The smallest absolute Gasteiger partial charge is 0.338 e. The SMILES string of the molecule is COC(=O)c1csc(S(=O)(=O)N2CCN(C(=O)c3cccc(NC(=O)C4CC4C)c3)CC2)c1. The Morgan fingerprint density at radius 2 is 1.79 bits per heavy atom. The third-order valence-corrected chi connectivity index (χ3v) is 9.25. The second-order valence-electron chi connectivity index (χ2n) is 8.23. The summed E-state index contributed by atoms with van der Waals surface area (Å²) < 4.78 is 31.9. The van der Waals surface area contributed by atoms with E-state index in [4.69, 9.17) is 0 Å². The molecule has 0 radical (unpaired) electrons. The lowest BCUT2D eigenvalue weighted by atomic mass is 10.1. The number of esters is 1. The minimum absolute atomic E-state index is 0.0325. The van der Waals surface area contributed by atoms with Gasteiger partial charge in [0.05, 0.1) is 12.7 Å². The van der Waals surface area contributed by atoms with Crippen LogP contribution in [-0.4, -0.2) is 68.7 Å². The van der Waals surface area contributed by atoms with Crippen molar-refractivity contribution in [1.82, 2.24) is 9.21 Å². The molecule has 1 saturated carbocycles. The molecular formula is C22H25N3O6S2. The van der Waals surface area contributed by atoms with E-state index in [1.807, 2.05) is 6.92 Å². The molecule has 2 unspecified atom stereocenters. The molecule has 1 N–H and O–H groups in total. The van der Waals surface area contributed by atoms with E-state index in [2.05, 4.69) is 10.1 Å². The Balaban J connectivity index is 1.38. The zero-order valence-corrected chi connectivity index (χ0v) is 19.9. The molecule has 2 aromatic rings. The number of nitrogens with one attached hydrogen (secondary N) is 1. The van der Waals surface area contributed by atoms with E-state index in [9.17, 15) is 22.8 Å². The number of ether oxygens (including phenoxy) is 1. The Hall–Kier alpha value is -2.76. The molecule has 2 fully saturated rings. The fourth-order valence-corrected chi connectivity index (χ4v) is 6.49. The minimum Gasteiger partial charge on any atom is -0.465 e. The molecule has 9 nitrogen and oxygen atoms in total. The molecule has 0 bridgehead atoms. The van der Waals surface area contributed by atoms with Crippen molar-refractivity contribution in [3.05, 3.63) is 46.8 Å². The summed E-state index contributed by atoms with van der Waals surface area (Å²) in [7, 11) is -2.53. The van der Waals surface area contributed by atoms with Crippen LogP contribution >= 0.6 is 11.3 Å². The molecule has 1 aliphatic carbocycles. The molecule has 11 heteroatoms. The molecule has 1 aromatic heterocycles. The highest BCUT2D eigenvalue weighted by Crippen LogP contribution is 2.38. The normalized spacial score (nSPS) is 20.8. The summed E-state index contributed by atoms with van der Waals surface area (Å²) in [5.74, 6) is -0.412. The Morgan fingerprint density at radius 3 is 2.42 bits per heavy atom. The zero-order chi connectivity index (χ0) is 23.8. The van der Waals surface area contributed by atoms with E-state index < -0.39 is 16.0 Å². The van der Waals surface area contributed by atoms with Crippen LogP contribution in [0, 0.1) is 11.8 Å². The van der Waals surface area contributed by atoms with Gasteiger partial charge >= 0.3 is 5.97 Å². The molecule has 2 amide bonds. The minimum atomic E-state index is -3.77. The number of nitrogens with zero attached hydrogens (tertiary/aromatic N) is 2. The van der Waals surface area contributed by atoms with Gasteiger partial charge in [-0.3, -0.25) is 9.59 Å². The van der Waals surface area contributed by atoms with Gasteiger partial charge in [-0.15, -0.1) is 11.3 Å². The predicted octanol–water partition coefficient (Wildman–Crippen LogP) is 2.28. The van der Waals surface area contributed by atoms with Crippen LogP contribution in [0.3, 0.4) is 0 Å². The first-order valence-electron chi connectivity index (χ1n) is 10.6. The molecule has 176 valence electrons. The van der Waals surface area contributed by atoms with Gasteiger partial charge in [0.25, 0.3) is 15.9 Å². The van der Waals surface area contributed by atoms with Gasteiger partial charge in [0, 0.05) is 48.7 Å². The van der Waals surface area contributed by atoms with Gasteiger partial charge in [0.15, 0.2) is 0 Å². The van der Waals surface area contributed by atoms with Gasteiger partial charge in [0.2, 0.25) is 5.91 Å². The fraction of sp³-hybridized carbons (Fsp3) is 0.409. The van der Waals surface area contributed by atoms with Crippen molar-refractivity contribution in [1.29, 1.82) is 0 Å². The number of thiophene rings is 1. The van der Waals surface area contributed by atoms with Crippen LogP contribution in [0.4, 0.5) is 5.69 Å². The number of methoxy groups -OCH3 is 1. The van der Waals surface area contributed by atoms with E-state index in [0.29, 0.717) is 17.2 Å². The number of rotatable bonds is 6. The highest BCUT2D eigenvalue weighted by Gasteiger charge is 2.39. The number of anilines is 1. The summed E-state index contributed by atoms with van der Waals surface area (Å²) >= 11 is 0.965. The van der Waals surface area contributed by atoms with Gasteiger partial charge in [-0.25, -0.2) is 13.2 Å². The first-order chi connectivity index (χ1) is 15.7. The predicted molar refractivity (Wildman–Crippen MR) is 123 cm³/mol. The highest BCUT2D eigenvalue weighted by molar-refractivity contribution is 7.91. The average Bonchev–Trinajstić information content (AvgIpc) is 3.34. The standard InChI is InChI=1S/C22H25N3O6S2/c1-14-10-18(14)20(26)23-17-5-3-4-15(11-17)21(27)24-6-8-25(9-7-24)33(29,30)19-12-16(13-32-19)22(28)31-2/h3-5,11-14,18H,6-10H2,1-2H3,(H,23,26). The number of hydrogen-bond donors (Lipinski definition) is 1. The maximum absolute atomic E-state index is 13.0. The third kappa shape index (κ3) is 4.94. The quantitative estimate of drug-likeness (QED) is 0.621. The molecule has 2 atom stereocenters. The molecular weight excluding hydrogens is 466 g/mol. The van der Waals surface area contributed by atoms with E-state index in [1.54, 1.807) is 29.2 Å². The molecule has 2 heterocycles. The lowest BCUT2D eigenvalue weighted by Crippen LogP contribution is -2.50. The average molecular weight is 492 g/mol. The lowest BCUT2D eigenvalue weighted by molar-refractivity contribution is -0.117. The number of benzene rings is 1. The van der Waals surface area contributed by atoms with E-state index in [0.717, 1.165) is 17.8 Å². The van der Waals surface area contributed by atoms with Crippen molar-refractivity contribution in [3.63, 3.8) is 0 Å². The van der Waals surface area contributed by atoms with Gasteiger partial charge in [0.1, 0.15) is 4.21 Å². The van der Waals surface area contributed by atoms with Crippen molar-refractivity contribution in [2.45, 2.75) is 17.6 Å². The number of carbonyl (C=O) groups is 3. The lowest BCUT2D eigenvalue weighted by Gasteiger charge is -2.33. The van der Waals surface area contributed by atoms with Crippen LogP contribution in [0.15, 0.2) is 39.9 Å². The summed E-state index contributed by atoms with van der Waals surface area (Å²) in [5, 5.41) is 4.32. The van der Waals surface area contributed by atoms with Gasteiger partial charge in [-0.05, 0) is 36.6 Å². The van der Waals surface area contributed by atoms with Gasteiger partial charge < -0.3 is 15.0 Å². The second-order valence-corrected chi connectivity index (χ2v) is 11.3. The summed E-state index contributed by atoms with van der Waals surface area (Å²) in [6, 6.07) is 8.11. The Kier molecular flexibility index (Phi) is 6.55. The van der Waals surface area contributed by atoms with Crippen LogP contribution in [0.2, 0.25) is 0 Å². The molecule has 1 aliphatic heterocycles. The summed E-state index contributed by atoms with van der Waals surface area (Å²) in [6.45, 7) is 2.80. The molecule has 0 spiro atoms. The Morgan fingerprint density at radius 1 is 1.09 bits per heavy atom. The van der Waals surface area contributed by atoms with Gasteiger partial charge in [-0.2, -0.15) is 4.31 Å². The van der Waals surface area contributed by atoms with Crippen molar-refractivity contribution in [2.75, 3.05) is 38.6 Å².